The molecule has 2 amide bonds. The third-order valence-corrected chi connectivity index (χ3v) is 3.66. The van der Waals surface area contributed by atoms with Gasteiger partial charge in [0.15, 0.2) is 0 Å². The third kappa shape index (κ3) is 2.96. The van der Waals surface area contributed by atoms with Crippen LogP contribution in [-0.2, 0) is 0 Å². The Bertz CT molecular complexity index is 433. The van der Waals surface area contributed by atoms with Crippen LogP contribution in [0.4, 0.5) is 16.2 Å². The molecule has 0 aliphatic carbocycles. The van der Waals surface area contributed by atoms with E-state index >= 15 is 0 Å². The fraction of sp³-hybridized carbons (Fsp3) is 0.462. The van der Waals surface area contributed by atoms with E-state index in [4.69, 9.17) is 5.73 Å². The summed E-state index contributed by atoms with van der Waals surface area (Å²) in [7, 11) is 0. The second kappa shape index (κ2) is 5.61. The van der Waals surface area contributed by atoms with E-state index in [0.717, 1.165) is 36.0 Å². The van der Waals surface area contributed by atoms with Gasteiger partial charge in [0.05, 0.1) is 11.4 Å². The van der Waals surface area contributed by atoms with Gasteiger partial charge in [0.1, 0.15) is 0 Å². The van der Waals surface area contributed by atoms with Crippen LogP contribution in [-0.4, -0.2) is 24.0 Å². The lowest BCUT2D eigenvalue weighted by Gasteiger charge is -2.27. The van der Waals surface area contributed by atoms with Crippen LogP contribution in [0, 0.1) is 6.92 Å². The van der Waals surface area contributed by atoms with Crippen LogP contribution in [0.3, 0.4) is 0 Å². The molecule has 0 bridgehead atoms. The quantitative estimate of drug-likeness (QED) is 0.781. The molecule has 5 heteroatoms. The predicted molar refractivity (Wildman–Crippen MR) is 77.7 cm³/mol. The van der Waals surface area contributed by atoms with E-state index in [1.807, 2.05) is 17.9 Å². The number of piperidine rings is 1. The first kappa shape index (κ1) is 13.2. The highest BCUT2D eigenvalue weighted by molar-refractivity contribution is 9.10. The summed E-state index contributed by atoms with van der Waals surface area (Å²) < 4.78 is 0.925. The smallest absolute Gasteiger partial charge is 0.321 e. The van der Waals surface area contributed by atoms with Crippen molar-refractivity contribution in [2.45, 2.75) is 26.2 Å². The highest BCUT2D eigenvalue weighted by atomic mass is 79.9. The van der Waals surface area contributed by atoms with Crippen LogP contribution in [0.5, 0.6) is 0 Å². The van der Waals surface area contributed by atoms with Crippen molar-refractivity contribution in [3.05, 3.63) is 22.2 Å². The van der Waals surface area contributed by atoms with E-state index in [-0.39, 0.29) is 6.03 Å². The minimum absolute atomic E-state index is 0.0492. The Morgan fingerprint density at radius 3 is 2.61 bits per heavy atom. The molecule has 0 saturated carbocycles. The Kier molecular flexibility index (Phi) is 4.11. The number of rotatable bonds is 1. The van der Waals surface area contributed by atoms with E-state index in [1.165, 1.54) is 6.42 Å². The van der Waals surface area contributed by atoms with Gasteiger partial charge >= 0.3 is 6.03 Å². The average molecular weight is 312 g/mol. The van der Waals surface area contributed by atoms with Gasteiger partial charge in [0, 0.05) is 17.6 Å². The highest BCUT2D eigenvalue weighted by Gasteiger charge is 2.18. The van der Waals surface area contributed by atoms with Gasteiger partial charge in [-0.3, -0.25) is 0 Å². The molecule has 0 unspecified atom stereocenters. The number of amides is 2. The highest BCUT2D eigenvalue weighted by Crippen LogP contribution is 2.28. The van der Waals surface area contributed by atoms with Crippen molar-refractivity contribution >= 4 is 33.3 Å². The number of nitrogens with two attached hydrogens (primary N) is 1. The molecule has 1 aromatic carbocycles. The number of halogens is 1. The SMILES string of the molecule is Cc1cc(Br)cc(N)c1NC(=O)N1CCCCC1. The fourth-order valence-electron chi connectivity index (χ4n) is 2.22. The number of carbonyl (C=O) groups excluding carboxylic acids is 1. The van der Waals surface area contributed by atoms with Gasteiger partial charge in [-0.05, 0) is 43.9 Å². The van der Waals surface area contributed by atoms with Crippen LogP contribution < -0.4 is 11.1 Å². The van der Waals surface area contributed by atoms with Crippen molar-refractivity contribution in [3.63, 3.8) is 0 Å². The van der Waals surface area contributed by atoms with Crippen molar-refractivity contribution in [2.75, 3.05) is 24.1 Å². The summed E-state index contributed by atoms with van der Waals surface area (Å²) in [6.07, 6.45) is 3.38. The maximum absolute atomic E-state index is 12.1. The Hall–Kier alpha value is -1.23. The normalized spacial score (nSPS) is 15.6. The van der Waals surface area contributed by atoms with Crippen LogP contribution in [0.2, 0.25) is 0 Å². The first-order valence-corrected chi connectivity index (χ1v) is 6.99. The summed E-state index contributed by atoms with van der Waals surface area (Å²) in [6, 6.07) is 3.70. The number of likely N-dealkylation sites (tertiary alicyclic amines) is 1. The Balaban J connectivity index is 2.11. The van der Waals surface area contributed by atoms with Crippen LogP contribution in [0.25, 0.3) is 0 Å². The minimum atomic E-state index is -0.0492. The van der Waals surface area contributed by atoms with Gasteiger partial charge < -0.3 is 16.0 Å². The average Bonchev–Trinajstić information content (AvgIpc) is 2.34. The Morgan fingerprint density at radius 1 is 1.33 bits per heavy atom. The summed E-state index contributed by atoms with van der Waals surface area (Å²) in [6.45, 7) is 3.61. The van der Waals surface area contributed by atoms with Gasteiger partial charge in [-0.25, -0.2) is 4.79 Å². The van der Waals surface area contributed by atoms with Crippen molar-refractivity contribution < 1.29 is 4.79 Å². The van der Waals surface area contributed by atoms with Gasteiger partial charge in [-0.2, -0.15) is 0 Å². The molecule has 1 heterocycles. The van der Waals surface area contributed by atoms with Gasteiger partial charge in [0.2, 0.25) is 0 Å². The molecule has 1 aliphatic heterocycles. The van der Waals surface area contributed by atoms with E-state index < -0.39 is 0 Å². The molecule has 0 spiro atoms. The van der Waals surface area contributed by atoms with Crippen molar-refractivity contribution in [3.8, 4) is 0 Å². The second-order valence-corrected chi connectivity index (χ2v) is 5.58. The molecule has 0 aromatic heterocycles. The zero-order valence-corrected chi connectivity index (χ0v) is 12.1. The Morgan fingerprint density at radius 2 is 2.00 bits per heavy atom. The number of hydrogen-bond donors (Lipinski definition) is 2. The molecule has 98 valence electrons. The standard InChI is InChI=1S/C13H18BrN3O/c1-9-7-10(14)8-11(15)12(9)16-13(18)17-5-3-2-4-6-17/h7-8H,2-6,15H2,1H3,(H,16,18). The summed E-state index contributed by atoms with van der Waals surface area (Å²) in [4.78, 5) is 14.0. The van der Waals surface area contributed by atoms with Crippen LogP contribution in [0.1, 0.15) is 24.8 Å². The molecule has 0 radical (unpaired) electrons. The summed E-state index contributed by atoms with van der Waals surface area (Å²) >= 11 is 3.39. The molecule has 4 nitrogen and oxygen atoms in total. The second-order valence-electron chi connectivity index (χ2n) is 4.66. The zero-order chi connectivity index (χ0) is 13.1. The first-order chi connectivity index (χ1) is 8.58. The van der Waals surface area contributed by atoms with Crippen LogP contribution in [0.15, 0.2) is 16.6 Å². The number of nitrogens with zero attached hydrogens (tertiary/aromatic N) is 1. The molecule has 18 heavy (non-hydrogen) atoms. The molecule has 1 aromatic rings. The number of urea groups is 1. The molecule has 2 rings (SSSR count). The molecule has 1 fully saturated rings. The monoisotopic (exact) mass is 311 g/mol. The fourth-order valence-corrected chi connectivity index (χ4v) is 2.81. The topological polar surface area (TPSA) is 58.4 Å². The molecular formula is C13H18BrN3O. The minimum Gasteiger partial charge on any atom is -0.397 e. The van der Waals surface area contributed by atoms with Gasteiger partial charge in [-0.1, -0.05) is 15.9 Å². The van der Waals surface area contributed by atoms with Crippen LogP contribution >= 0.6 is 15.9 Å². The van der Waals surface area contributed by atoms with Crippen molar-refractivity contribution in [1.29, 1.82) is 0 Å². The number of nitrogen functional groups attached to an aromatic ring is 1. The number of hydrogen-bond acceptors (Lipinski definition) is 2. The molecule has 0 atom stereocenters. The van der Waals surface area contributed by atoms with Crippen molar-refractivity contribution in [2.24, 2.45) is 0 Å². The summed E-state index contributed by atoms with van der Waals surface area (Å²) in [5.74, 6) is 0. The van der Waals surface area contributed by atoms with E-state index in [0.29, 0.717) is 11.4 Å². The largest absolute Gasteiger partial charge is 0.397 e. The molecule has 1 aliphatic rings. The van der Waals surface area contributed by atoms with Gasteiger partial charge in [-0.15, -0.1) is 0 Å². The predicted octanol–water partition coefficient (Wildman–Crippen LogP) is 3.36. The lowest BCUT2D eigenvalue weighted by Crippen LogP contribution is -2.38. The number of benzene rings is 1. The summed E-state index contributed by atoms with van der Waals surface area (Å²) in [5, 5.41) is 2.92. The van der Waals surface area contributed by atoms with Gasteiger partial charge in [0.25, 0.3) is 0 Å². The Labute approximate surface area is 116 Å². The molecule has 1 saturated heterocycles. The lowest BCUT2D eigenvalue weighted by atomic mass is 10.1. The van der Waals surface area contributed by atoms with E-state index in [2.05, 4.69) is 21.2 Å². The number of anilines is 2. The molecular weight excluding hydrogens is 294 g/mol. The number of aryl methyl sites for hydroxylation is 1. The number of nitrogens with one attached hydrogen (secondary N) is 1. The number of carbonyl (C=O) groups is 1. The maximum atomic E-state index is 12.1. The summed E-state index contributed by atoms with van der Waals surface area (Å²) in [5.41, 5.74) is 8.21. The zero-order valence-electron chi connectivity index (χ0n) is 10.5. The molecule has 3 N–H and O–H groups in total. The maximum Gasteiger partial charge on any atom is 0.321 e. The van der Waals surface area contributed by atoms with Crippen molar-refractivity contribution in [1.82, 2.24) is 4.90 Å². The van der Waals surface area contributed by atoms with E-state index in [1.54, 1.807) is 6.07 Å². The lowest BCUT2D eigenvalue weighted by molar-refractivity contribution is 0.200. The first-order valence-electron chi connectivity index (χ1n) is 6.19. The third-order valence-electron chi connectivity index (χ3n) is 3.21. The van der Waals surface area contributed by atoms with E-state index in [9.17, 15) is 4.79 Å².